The molecule has 4 rings (SSSR count). The Hall–Kier alpha value is -1.98. The standard InChI is InChI=1S/C26H35N3OS/c1-5-28(6-2)26(30)19-10-12-20(13-11-19)29(23-8-7-9-25(18-23)31-4)24-16-21-14-15-22(17-24)27(21)3/h7-13,18,21-22,24H,5-6,14-17H2,1-4H3/t21-,22+,24+. The van der Waals surface area contributed by atoms with Gasteiger partial charge in [-0.2, -0.15) is 0 Å². The number of benzene rings is 2. The lowest BCUT2D eigenvalue weighted by Gasteiger charge is -2.43. The monoisotopic (exact) mass is 437 g/mol. The highest BCUT2D eigenvalue weighted by atomic mass is 32.2. The second kappa shape index (κ2) is 9.66. The molecule has 0 radical (unpaired) electrons. The summed E-state index contributed by atoms with van der Waals surface area (Å²) in [6.45, 7) is 5.54. The van der Waals surface area contributed by atoms with Gasteiger partial charge >= 0.3 is 0 Å². The van der Waals surface area contributed by atoms with E-state index >= 15 is 0 Å². The third-order valence-electron chi connectivity index (χ3n) is 7.21. The van der Waals surface area contributed by atoms with Gasteiger partial charge in [0, 0.05) is 53.0 Å². The molecular formula is C26H35N3OS. The Morgan fingerprint density at radius 2 is 1.65 bits per heavy atom. The molecule has 3 atom stereocenters. The highest BCUT2D eigenvalue weighted by Gasteiger charge is 2.40. The number of carbonyl (C=O) groups is 1. The number of amides is 1. The van der Waals surface area contributed by atoms with Crippen LogP contribution in [-0.2, 0) is 0 Å². The summed E-state index contributed by atoms with van der Waals surface area (Å²) >= 11 is 1.79. The van der Waals surface area contributed by atoms with E-state index in [1.807, 2.05) is 30.9 Å². The van der Waals surface area contributed by atoms with Crippen molar-refractivity contribution in [2.24, 2.45) is 0 Å². The van der Waals surface area contributed by atoms with Gasteiger partial charge in [-0.15, -0.1) is 11.8 Å². The number of fused-ring (bicyclic) bond motifs is 2. The van der Waals surface area contributed by atoms with Crippen LogP contribution in [-0.4, -0.2) is 60.2 Å². The fraction of sp³-hybridized carbons (Fsp3) is 0.500. The van der Waals surface area contributed by atoms with Gasteiger partial charge in [0.15, 0.2) is 0 Å². The molecule has 0 N–H and O–H groups in total. The van der Waals surface area contributed by atoms with Crippen molar-refractivity contribution in [3.8, 4) is 0 Å². The predicted octanol–water partition coefficient (Wildman–Crippen LogP) is 5.65. The Morgan fingerprint density at radius 3 is 2.23 bits per heavy atom. The molecule has 0 aromatic heterocycles. The molecule has 2 bridgehead atoms. The second-order valence-corrected chi connectivity index (χ2v) is 9.65. The van der Waals surface area contributed by atoms with E-state index < -0.39 is 0 Å². The summed E-state index contributed by atoms with van der Waals surface area (Å²) in [5, 5.41) is 0. The smallest absolute Gasteiger partial charge is 0.253 e. The predicted molar refractivity (Wildman–Crippen MR) is 132 cm³/mol. The average Bonchev–Trinajstić information content (AvgIpc) is 3.00. The van der Waals surface area contributed by atoms with Gasteiger partial charge in [0.05, 0.1) is 0 Å². The van der Waals surface area contributed by atoms with Crippen molar-refractivity contribution in [1.82, 2.24) is 9.80 Å². The van der Waals surface area contributed by atoms with Crippen LogP contribution in [0.3, 0.4) is 0 Å². The molecule has 2 aromatic carbocycles. The zero-order chi connectivity index (χ0) is 22.0. The fourth-order valence-corrected chi connectivity index (χ4v) is 5.84. The zero-order valence-corrected chi connectivity index (χ0v) is 20.1. The Balaban J connectivity index is 1.67. The first-order valence-electron chi connectivity index (χ1n) is 11.6. The van der Waals surface area contributed by atoms with Crippen LogP contribution in [0.25, 0.3) is 0 Å². The second-order valence-electron chi connectivity index (χ2n) is 8.77. The maximum absolute atomic E-state index is 12.8. The minimum absolute atomic E-state index is 0.116. The van der Waals surface area contributed by atoms with Crippen LogP contribution in [0.15, 0.2) is 53.4 Å². The highest BCUT2D eigenvalue weighted by molar-refractivity contribution is 7.98. The summed E-state index contributed by atoms with van der Waals surface area (Å²) in [5.74, 6) is 0.116. The van der Waals surface area contributed by atoms with Gasteiger partial charge in [0.25, 0.3) is 5.91 Å². The summed E-state index contributed by atoms with van der Waals surface area (Å²) in [4.78, 5) is 21.1. The largest absolute Gasteiger partial charge is 0.339 e. The van der Waals surface area contributed by atoms with Gasteiger partial charge in [0.2, 0.25) is 0 Å². The molecule has 2 aliphatic rings. The molecule has 2 aromatic rings. The SMILES string of the molecule is CCN(CC)C(=O)c1ccc(N(c2cccc(SC)c2)[C@H]2C[C@H]3CC[C@@H](C2)N3C)cc1. The Morgan fingerprint density at radius 1 is 1.00 bits per heavy atom. The fourth-order valence-electron chi connectivity index (χ4n) is 5.38. The number of anilines is 2. The van der Waals surface area contributed by atoms with Gasteiger partial charge in [-0.3, -0.25) is 4.79 Å². The van der Waals surface area contributed by atoms with Crippen molar-refractivity contribution in [1.29, 1.82) is 0 Å². The van der Waals surface area contributed by atoms with E-state index in [2.05, 4.69) is 59.5 Å². The van der Waals surface area contributed by atoms with E-state index in [9.17, 15) is 4.79 Å². The highest BCUT2D eigenvalue weighted by Crippen LogP contribution is 2.41. The maximum Gasteiger partial charge on any atom is 0.253 e. The van der Waals surface area contributed by atoms with E-state index in [-0.39, 0.29) is 5.91 Å². The zero-order valence-electron chi connectivity index (χ0n) is 19.3. The Bertz CT molecular complexity index is 882. The van der Waals surface area contributed by atoms with E-state index in [1.165, 1.54) is 42.0 Å². The number of hydrogen-bond donors (Lipinski definition) is 0. The summed E-state index contributed by atoms with van der Waals surface area (Å²) in [6.07, 6.45) is 7.14. The van der Waals surface area contributed by atoms with Crippen molar-refractivity contribution in [3.05, 3.63) is 54.1 Å². The van der Waals surface area contributed by atoms with Crippen LogP contribution in [0.4, 0.5) is 11.4 Å². The van der Waals surface area contributed by atoms with Gasteiger partial charge in [-0.05, 0) is 95.3 Å². The number of thioether (sulfide) groups is 1. The van der Waals surface area contributed by atoms with Gasteiger partial charge < -0.3 is 14.7 Å². The lowest BCUT2D eigenvalue weighted by Crippen LogP contribution is -2.47. The molecule has 0 aliphatic carbocycles. The molecule has 166 valence electrons. The van der Waals surface area contributed by atoms with Crippen LogP contribution < -0.4 is 4.90 Å². The van der Waals surface area contributed by atoms with Crippen molar-refractivity contribution >= 4 is 29.0 Å². The molecule has 2 fully saturated rings. The molecule has 2 heterocycles. The summed E-state index contributed by atoms with van der Waals surface area (Å²) < 4.78 is 0. The van der Waals surface area contributed by atoms with E-state index in [0.717, 1.165) is 18.7 Å². The van der Waals surface area contributed by atoms with Crippen molar-refractivity contribution in [2.75, 3.05) is 31.3 Å². The van der Waals surface area contributed by atoms with Crippen LogP contribution in [0.5, 0.6) is 0 Å². The molecule has 0 spiro atoms. The number of nitrogens with zero attached hydrogens (tertiary/aromatic N) is 3. The molecule has 4 nitrogen and oxygen atoms in total. The molecular weight excluding hydrogens is 402 g/mol. The third-order valence-corrected chi connectivity index (χ3v) is 7.94. The summed E-state index contributed by atoms with van der Waals surface area (Å²) in [7, 11) is 2.30. The number of piperidine rings is 1. The van der Waals surface area contributed by atoms with Crippen LogP contribution >= 0.6 is 11.8 Å². The van der Waals surface area contributed by atoms with Crippen molar-refractivity contribution in [2.45, 2.75) is 62.6 Å². The van der Waals surface area contributed by atoms with Crippen molar-refractivity contribution < 1.29 is 4.79 Å². The average molecular weight is 438 g/mol. The Labute approximate surface area is 191 Å². The first kappa shape index (κ1) is 22.2. The third kappa shape index (κ3) is 4.49. The minimum Gasteiger partial charge on any atom is -0.339 e. The van der Waals surface area contributed by atoms with E-state index in [4.69, 9.17) is 0 Å². The lowest BCUT2D eigenvalue weighted by molar-refractivity contribution is 0.0773. The molecule has 0 saturated carbocycles. The quantitative estimate of drug-likeness (QED) is 0.523. The summed E-state index contributed by atoms with van der Waals surface area (Å²) in [6, 6.07) is 19.0. The van der Waals surface area contributed by atoms with Gasteiger partial charge in [0.1, 0.15) is 0 Å². The molecule has 1 amide bonds. The first-order valence-corrected chi connectivity index (χ1v) is 12.8. The van der Waals surface area contributed by atoms with Gasteiger partial charge in [-0.1, -0.05) is 6.07 Å². The van der Waals surface area contributed by atoms with Crippen LogP contribution in [0.2, 0.25) is 0 Å². The summed E-state index contributed by atoms with van der Waals surface area (Å²) in [5.41, 5.74) is 3.21. The molecule has 2 saturated heterocycles. The van der Waals surface area contributed by atoms with E-state index in [0.29, 0.717) is 18.1 Å². The molecule has 5 heteroatoms. The first-order chi connectivity index (χ1) is 15.0. The lowest BCUT2D eigenvalue weighted by atomic mass is 9.95. The minimum atomic E-state index is 0.116. The van der Waals surface area contributed by atoms with Crippen molar-refractivity contribution in [3.63, 3.8) is 0 Å². The molecule has 2 aliphatic heterocycles. The topological polar surface area (TPSA) is 26.8 Å². The normalized spacial score (nSPS) is 23.0. The molecule has 0 unspecified atom stereocenters. The van der Waals surface area contributed by atoms with Gasteiger partial charge in [-0.25, -0.2) is 0 Å². The number of carbonyl (C=O) groups excluding carboxylic acids is 1. The Kier molecular flexibility index (Phi) is 6.92. The van der Waals surface area contributed by atoms with Crippen LogP contribution in [0, 0.1) is 0 Å². The van der Waals surface area contributed by atoms with Crippen LogP contribution in [0.1, 0.15) is 49.9 Å². The number of hydrogen-bond acceptors (Lipinski definition) is 4. The molecule has 31 heavy (non-hydrogen) atoms. The van der Waals surface area contributed by atoms with E-state index in [1.54, 1.807) is 11.8 Å². The maximum atomic E-state index is 12.8. The number of rotatable bonds is 7.